The topological polar surface area (TPSA) is 102 Å². The summed E-state index contributed by atoms with van der Waals surface area (Å²) in [5, 5.41) is 18.9. The van der Waals surface area contributed by atoms with Crippen molar-refractivity contribution in [1.82, 2.24) is 35.4 Å². The molecule has 8 nitrogen and oxygen atoms in total. The Labute approximate surface area is 204 Å². The summed E-state index contributed by atoms with van der Waals surface area (Å²) in [5.74, 6) is 1.61. The van der Waals surface area contributed by atoms with Gasteiger partial charge < -0.3 is 0 Å². The summed E-state index contributed by atoms with van der Waals surface area (Å²) < 4.78 is 1.75. The third-order valence-electron chi connectivity index (χ3n) is 6.74. The zero-order valence-corrected chi connectivity index (χ0v) is 19.8. The Morgan fingerprint density at radius 1 is 1.11 bits per heavy atom. The van der Waals surface area contributed by atoms with Gasteiger partial charge >= 0.3 is 0 Å². The minimum Gasteiger partial charge on any atom is -0.290 e. The zero-order valence-electron chi connectivity index (χ0n) is 19.8. The standard InChI is InChI=1S/C27H29N7O/c1-2-3-7-19-8-6-9-22(16-19)25(35)27-28-18-34(31-27)17-20-12-14-21(15-13-20)23-10-4-5-11-24(23)26-29-32-33-30-26/h2-5,10-15,18-19,22H,6-9,16-17H2,1H3,(H,29,30,32,33). The highest BCUT2D eigenvalue weighted by molar-refractivity contribution is 5.94. The summed E-state index contributed by atoms with van der Waals surface area (Å²) in [6.07, 6.45) is 11.2. The maximum absolute atomic E-state index is 13.0. The molecule has 1 saturated carbocycles. The van der Waals surface area contributed by atoms with E-state index in [1.807, 2.05) is 31.2 Å². The largest absolute Gasteiger partial charge is 0.290 e. The van der Waals surface area contributed by atoms with Crippen LogP contribution in [0.4, 0.5) is 0 Å². The predicted octanol–water partition coefficient (Wildman–Crippen LogP) is 5.13. The Morgan fingerprint density at radius 3 is 2.71 bits per heavy atom. The number of benzene rings is 2. The van der Waals surface area contributed by atoms with Crippen molar-refractivity contribution in [3.63, 3.8) is 0 Å². The van der Waals surface area contributed by atoms with Crippen LogP contribution in [0.2, 0.25) is 0 Å². The quantitative estimate of drug-likeness (QED) is 0.285. The number of allylic oxidation sites excluding steroid dienone is 2. The number of rotatable bonds is 8. The molecule has 2 atom stereocenters. The lowest BCUT2D eigenvalue weighted by atomic mass is 9.78. The molecule has 1 N–H and O–H groups in total. The number of tetrazole rings is 1. The fourth-order valence-electron chi connectivity index (χ4n) is 4.92. The minimum atomic E-state index is 0.0356. The van der Waals surface area contributed by atoms with Crippen molar-refractivity contribution < 1.29 is 4.79 Å². The van der Waals surface area contributed by atoms with E-state index in [1.54, 1.807) is 11.0 Å². The van der Waals surface area contributed by atoms with Crippen LogP contribution in [-0.2, 0) is 6.54 Å². The lowest BCUT2D eigenvalue weighted by molar-refractivity contribution is 0.0852. The van der Waals surface area contributed by atoms with E-state index < -0.39 is 0 Å². The first-order valence-corrected chi connectivity index (χ1v) is 12.2. The first kappa shape index (κ1) is 22.8. The third-order valence-corrected chi connectivity index (χ3v) is 6.74. The summed E-state index contributed by atoms with van der Waals surface area (Å²) in [4.78, 5) is 17.4. The molecule has 0 aliphatic heterocycles. The monoisotopic (exact) mass is 467 g/mol. The summed E-state index contributed by atoms with van der Waals surface area (Å²) >= 11 is 0. The van der Waals surface area contributed by atoms with Gasteiger partial charge in [-0.2, -0.15) is 5.21 Å². The van der Waals surface area contributed by atoms with E-state index in [1.165, 1.54) is 6.42 Å². The average molecular weight is 468 g/mol. The van der Waals surface area contributed by atoms with Gasteiger partial charge in [-0.05, 0) is 54.0 Å². The van der Waals surface area contributed by atoms with E-state index in [4.69, 9.17) is 0 Å². The van der Waals surface area contributed by atoms with E-state index in [0.717, 1.165) is 47.9 Å². The minimum absolute atomic E-state index is 0.0356. The Bertz CT molecular complexity index is 1290. The lowest BCUT2D eigenvalue weighted by Gasteiger charge is -2.26. The summed E-state index contributed by atoms with van der Waals surface area (Å²) in [7, 11) is 0. The Kier molecular flexibility index (Phi) is 6.88. The molecule has 0 amide bonds. The lowest BCUT2D eigenvalue weighted by Crippen LogP contribution is -2.24. The molecular weight excluding hydrogens is 438 g/mol. The number of H-pyrrole nitrogens is 1. The molecule has 2 aromatic heterocycles. The molecule has 2 aromatic carbocycles. The van der Waals surface area contributed by atoms with Crippen LogP contribution >= 0.6 is 0 Å². The second kappa shape index (κ2) is 10.5. The van der Waals surface area contributed by atoms with E-state index in [-0.39, 0.29) is 11.7 Å². The second-order valence-corrected chi connectivity index (χ2v) is 9.14. The molecule has 1 aliphatic carbocycles. The molecule has 1 aliphatic rings. The van der Waals surface area contributed by atoms with Crippen LogP contribution < -0.4 is 0 Å². The molecule has 2 unspecified atom stereocenters. The van der Waals surface area contributed by atoms with Gasteiger partial charge in [0.05, 0.1) is 6.54 Å². The Hall–Kier alpha value is -3.94. The molecular formula is C27H29N7O. The molecule has 0 saturated heterocycles. The zero-order chi connectivity index (χ0) is 24.0. The number of carbonyl (C=O) groups excluding carboxylic acids is 1. The number of hydrogen-bond donors (Lipinski definition) is 1. The van der Waals surface area contributed by atoms with Gasteiger partial charge in [0.25, 0.3) is 0 Å². The van der Waals surface area contributed by atoms with Gasteiger partial charge in [-0.15, -0.1) is 15.3 Å². The van der Waals surface area contributed by atoms with Gasteiger partial charge in [-0.3, -0.25) is 4.79 Å². The van der Waals surface area contributed by atoms with Crippen molar-refractivity contribution in [1.29, 1.82) is 0 Å². The van der Waals surface area contributed by atoms with Crippen LogP contribution in [0.3, 0.4) is 0 Å². The highest BCUT2D eigenvalue weighted by atomic mass is 16.1. The molecule has 0 spiro atoms. The van der Waals surface area contributed by atoms with Crippen LogP contribution in [-0.4, -0.2) is 41.2 Å². The normalized spacial score (nSPS) is 18.2. The molecule has 0 radical (unpaired) electrons. The van der Waals surface area contributed by atoms with E-state index in [0.29, 0.717) is 24.1 Å². The number of aromatic nitrogens is 7. The third kappa shape index (κ3) is 5.26. The molecule has 35 heavy (non-hydrogen) atoms. The highest BCUT2D eigenvalue weighted by Crippen LogP contribution is 2.33. The van der Waals surface area contributed by atoms with Crippen LogP contribution in [0.15, 0.2) is 67.0 Å². The van der Waals surface area contributed by atoms with Crippen molar-refractivity contribution in [2.45, 2.75) is 45.6 Å². The van der Waals surface area contributed by atoms with Crippen molar-refractivity contribution >= 4 is 5.78 Å². The van der Waals surface area contributed by atoms with Crippen LogP contribution in [0.1, 0.15) is 55.2 Å². The molecule has 5 rings (SSSR count). The van der Waals surface area contributed by atoms with Crippen LogP contribution in [0, 0.1) is 11.8 Å². The number of Topliss-reactive ketones (excluding diaryl/α,β-unsaturated/α-hetero) is 1. The van der Waals surface area contributed by atoms with Gasteiger partial charge in [-0.25, -0.2) is 9.67 Å². The summed E-state index contributed by atoms with van der Waals surface area (Å²) in [6.45, 7) is 2.60. The van der Waals surface area contributed by atoms with Crippen LogP contribution in [0.5, 0.6) is 0 Å². The van der Waals surface area contributed by atoms with Crippen molar-refractivity contribution in [3.8, 4) is 22.5 Å². The fraction of sp³-hybridized carbons (Fsp3) is 0.333. The van der Waals surface area contributed by atoms with Crippen molar-refractivity contribution in [2.24, 2.45) is 11.8 Å². The second-order valence-electron chi connectivity index (χ2n) is 9.14. The summed E-state index contributed by atoms with van der Waals surface area (Å²) in [6, 6.07) is 16.3. The van der Waals surface area contributed by atoms with Gasteiger partial charge in [0, 0.05) is 11.5 Å². The molecule has 2 heterocycles. The molecule has 4 aromatic rings. The van der Waals surface area contributed by atoms with E-state index in [2.05, 4.69) is 67.1 Å². The molecule has 1 fully saturated rings. The molecule has 178 valence electrons. The number of nitrogens with one attached hydrogen (secondary N) is 1. The Balaban J connectivity index is 1.26. The van der Waals surface area contributed by atoms with Gasteiger partial charge in [-0.1, -0.05) is 73.5 Å². The van der Waals surface area contributed by atoms with Gasteiger partial charge in [0.1, 0.15) is 6.33 Å². The highest BCUT2D eigenvalue weighted by Gasteiger charge is 2.29. The maximum atomic E-state index is 13.0. The number of hydrogen-bond acceptors (Lipinski definition) is 6. The Morgan fingerprint density at radius 2 is 1.94 bits per heavy atom. The average Bonchev–Trinajstić information content (AvgIpc) is 3.61. The maximum Gasteiger partial charge on any atom is 0.217 e. The van der Waals surface area contributed by atoms with Crippen molar-refractivity contribution in [3.05, 3.63) is 78.4 Å². The number of ketones is 1. The molecule has 0 bridgehead atoms. The van der Waals surface area contributed by atoms with Gasteiger partial charge in [0.2, 0.25) is 17.4 Å². The first-order valence-electron chi connectivity index (χ1n) is 12.2. The molecule has 8 heteroatoms. The SMILES string of the molecule is CC=CCC1CCCC(C(=O)c2ncn(Cc3ccc(-c4ccccc4-c4nn[nH]n4)cc3)n2)C1. The van der Waals surface area contributed by atoms with Gasteiger partial charge in [0.15, 0.2) is 0 Å². The first-order chi connectivity index (χ1) is 17.2. The smallest absolute Gasteiger partial charge is 0.217 e. The number of aromatic amines is 1. The van der Waals surface area contributed by atoms with Crippen LogP contribution in [0.25, 0.3) is 22.5 Å². The summed E-state index contributed by atoms with van der Waals surface area (Å²) in [5.41, 5.74) is 4.10. The fourth-order valence-corrected chi connectivity index (χ4v) is 4.92. The van der Waals surface area contributed by atoms with Crippen molar-refractivity contribution in [2.75, 3.05) is 0 Å². The predicted molar refractivity (Wildman–Crippen MR) is 133 cm³/mol. The van der Waals surface area contributed by atoms with E-state index >= 15 is 0 Å². The number of nitrogens with zero attached hydrogens (tertiary/aromatic N) is 6. The van der Waals surface area contributed by atoms with E-state index in [9.17, 15) is 4.79 Å². The number of carbonyl (C=O) groups is 1.